The van der Waals surface area contributed by atoms with Crippen LogP contribution in [0.15, 0.2) is 24.3 Å². The van der Waals surface area contributed by atoms with Crippen LogP contribution in [0, 0.1) is 0 Å². The lowest BCUT2D eigenvalue weighted by Gasteiger charge is -2.37. The van der Waals surface area contributed by atoms with Gasteiger partial charge in [-0.15, -0.1) is 0 Å². The molecule has 0 saturated carbocycles. The van der Waals surface area contributed by atoms with Gasteiger partial charge >= 0.3 is 0 Å². The average molecular weight is 375 g/mol. The number of fused-ring (bicyclic) bond motifs is 1. The molecule has 1 fully saturated rings. The van der Waals surface area contributed by atoms with Crippen LogP contribution in [0.3, 0.4) is 0 Å². The van der Waals surface area contributed by atoms with Crippen LogP contribution < -0.4 is 19.7 Å². The monoisotopic (exact) mass is 375 g/mol. The molecule has 1 saturated heterocycles. The van der Waals surface area contributed by atoms with Gasteiger partial charge in [-0.2, -0.15) is 8.75 Å². The molecule has 1 atom stereocenters. The van der Waals surface area contributed by atoms with Crippen LogP contribution in [0.4, 0.5) is 11.6 Å². The van der Waals surface area contributed by atoms with Gasteiger partial charge in [-0.05, 0) is 12.1 Å². The van der Waals surface area contributed by atoms with E-state index >= 15 is 0 Å². The summed E-state index contributed by atoms with van der Waals surface area (Å²) < 4.78 is 20.3. The van der Waals surface area contributed by atoms with Gasteiger partial charge in [-0.1, -0.05) is 12.1 Å². The number of anilines is 2. The van der Waals surface area contributed by atoms with Crippen molar-refractivity contribution in [3.05, 3.63) is 24.3 Å². The Hall–Kier alpha value is -2.39. The van der Waals surface area contributed by atoms with Gasteiger partial charge in [0.2, 0.25) is 5.91 Å². The fourth-order valence-corrected chi connectivity index (χ4v) is 3.75. The summed E-state index contributed by atoms with van der Waals surface area (Å²) >= 11 is 1.12. The van der Waals surface area contributed by atoms with Crippen molar-refractivity contribution in [3.8, 4) is 11.5 Å². The van der Waals surface area contributed by atoms with Crippen LogP contribution in [0.1, 0.15) is 6.92 Å². The summed E-state index contributed by atoms with van der Waals surface area (Å²) in [4.78, 5) is 15.8. The van der Waals surface area contributed by atoms with E-state index in [4.69, 9.17) is 9.47 Å². The fourth-order valence-electron chi connectivity index (χ4n) is 3.22. The first-order chi connectivity index (χ1) is 12.7. The Morgan fingerprint density at radius 1 is 1.23 bits per heavy atom. The Morgan fingerprint density at radius 3 is 2.77 bits per heavy atom. The number of carbonyl (C=O) groups is 1. The average Bonchev–Trinajstić information content (AvgIpc) is 3.10. The van der Waals surface area contributed by atoms with E-state index in [2.05, 4.69) is 23.9 Å². The number of benzene rings is 1. The zero-order valence-corrected chi connectivity index (χ0v) is 15.4. The summed E-state index contributed by atoms with van der Waals surface area (Å²) in [7, 11) is 0. The third-order valence-electron chi connectivity index (χ3n) is 4.47. The van der Waals surface area contributed by atoms with Crippen LogP contribution in [-0.4, -0.2) is 65.0 Å². The molecular formula is C17H21N5O3S. The zero-order valence-electron chi connectivity index (χ0n) is 14.6. The summed E-state index contributed by atoms with van der Waals surface area (Å²) in [5, 5.41) is 2.74. The number of nitrogens with one attached hydrogen (secondary N) is 1. The fraction of sp³-hybridized carbons (Fsp3) is 0.471. The van der Waals surface area contributed by atoms with Gasteiger partial charge < -0.3 is 19.7 Å². The number of amides is 1. The Morgan fingerprint density at radius 2 is 2.00 bits per heavy atom. The Labute approximate surface area is 156 Å². The summed E-state index contributed by atoms with van der Waals surface area (Å²) in [6, 6.07) is 7.78. The summed E-state index contributed by atoms with van der Waals surface area (Å²) in [5.74, 6) is 2.81. The molecule has 1 aromatic carbocycles. The van der Waals surface area contributed by atoms with E-state index in [1.807, 2.05) is 24.3 Å². The molecule has 2 aliphatic rings. The molecule has 1 N–H and O–H groups in total. The van der Waals surface area contributed by atoms with E-state index in [9.17, 15) is 4.79 Å². The van der Waals surface area contributed by atoms with E-state index in [0.717, 1.165) is 61.8 Å². The highest BCUT2D eigenvalue weighted by atomic mass is 32.1. The van der Waals surface area contributed by atoms with Crippen molar-refractivity contribution >= 4 is 29.3 Å². The van der Waals surface area contributed by atoms with E-state index in [1.165, 1.54) is 6.92 Å². The smallest absolute Gasteiger partial charge is 0.222 e. The quantitative estimate of drug-likeness (QED) is 0.866. The minimum Gasteiger partial charge on any atom is -0.486 e. The maximum Gasteiger partial charge on any atom is 0.222 e. The molecule has 2 aromatic rings. The van der Waals surface area contributed by atoms with E-state index in [0.29, 0.717) is 12.4 Å². The van der Waals surface area contributed by atoms with Crippen molar-refractivity contribution < 1.29 is 14.3 Å². The largest absolute Gasteiger partial charge is 0.486 e. The molecule has 8 nitrogen and oxygen atoms in total. The SMILES string of the molecule is CC(=O)Nc1nsnc1N1CCN(C[C@H]2COc3ccccc3O2)CC1. The van der Waals surface area contributed by atoms with Crippen LogP contribution in [0.2, 0.25) is 0 Å². The molecular weight excluding hydrogens is 354 g/mol. The number of ether oxygens (including phenoxy) is 2. The second-order valence-electron chi connectivity index (χ2n) is 6.40. The van der Waals surface area contributed by atoms with Crippen molar-refractivity contribution in [1.29, 1.82) is 0 Å². The summed E-state index contributed by atoms with van der Waals surface area (Å²) in [6.07, 6.45) is 0.0346. The van der Waals surface area contributed by atoms with Crippen molar-refractivity contribution in [2.24, 2.45) is 0 Å². The van der Waals surface area contributed by atoms with Gasteiger partial charge in [0.1, 0.15) is 12.7 Å². The molecule has 1 amide bonds. The summed E-state index contributed by atoms with van der Waals surface area (Å²) in [5.41, 5.74) is 0. The number of piperazine rings is 1. The number of hydrogen-bond acceptors (Lipinski definition) is 8. The van der Waals surface area contributed by atoms with E-state index < -0.39 is 0 Å². The maximum absolute atomic E-state index is 11.3. The molecule has 26 heavy (non-hydrogen) atoms. The van der Waals surface area contributed by atoms with Gasteiger partial charge in [0.25, 0.3) is 0 Å². The predicted molar refractivity (Wildman–Crippen MR) is 99.2 cm³/mol. The minimum atomic E-state index is -0.132. The third kappa shape index (κ3) is 3.73. The molecule has 138 valence electrons. The normalized spacial score (nSPS) is 20.0. The number of carbonyl (C=O) groups excluding carboxylic acids is 1. The van der Waals surface area contributed by atoms with Crippen LogP contribution >= 0.6 is 11.7 Å². The number of nitrogens with zero attached hydrogens (tertiary/aromatic N) is 4. The molecule has 0 radical (unpaired) electrons. The Kier molecular flexibility index (Phi) is 4.89. The maximum atomic E-state index is 11.3. The first-order valence-corrected chi connectivity index (χ1v) is 9.38. The Balaban J connectivity index is 1.31. The van der Waals surface area contributed by atoms with Crippen LogP contribution in [0.5, 0.6) is 11.5 Å². The zero-order chi connectivity index (χ0) is 17.9. The number of hydrogen-bond donors (Lipinski definition) is 1. The lowest BCUT2D eigenvalue weighted by atomic mass is 10.2. The van der Waals surface area contributed by atoms with Crippen LogP contribution in [-0.2, 0) is 4.79 Å². The van der Waals surface area contributed by atoms with Gasteiger partial charge in [0, 0.05) is 39.6 Å². The van der Waals surface area contributed by atoms with E-state index in [-0.39, 0.29) is 12.0 Å². The second kappa shape index (κ2) is 7.46. The minimum absolute atomic E-state index is 0.0346. The van der Waals surface area contributed by atoms with Crippen molar-refractivity contribution in [1.82, 2.24) is 13.6 Å². The van der Waals surface area contributed by atoms with Crippen molar-refractivity contribution in [2.75, 3.05) is 49.5 Å². The summed E-state index contributed by atoms with van der Waals surface area (Å²) in [6.45, 7) is 6.35. The highest BCUT2D eigenvalue weighted by Crippen LogP contribution is 2.31. The standard InChI is InChI=1S/C17H21N5O3S/c1-12(23)18-16-17(20-26-19-16)22-8-6-21(7-9-22)10-13-11-24-14-4-2-3-5-15(14)25-13/h2-5,13H,6-11H2,1H3,(H,18,19,23)/t13-/m0/s1. The lowest BCUT2D eigenvalue weighted by molar-refractivity contribution is -0.114. The third-order valence-corrected chi connectivity index (χ3v) is 4.99. The topological polar surface area (TPSA) is 79.8 Å². The molecule has 3 heterocycles. The molecule has 0 spiro atoms. The molecule has 4 rings (SSSR count). The molecule has 2 aliphatic heterocycles. The first-order valence-electron chi connectivity index (χ1n) is 8.65. The lowest BCUT2D eigenvalue weighted by Crippen LogP contribution is -2.51. The van der Waals surface area contributed by atoms with Gasteiger partial charge in [0.15, 0.2) is 23.1 Å². The molecule has 0 aliphatic carbocycles. The van der Waals surface area contributed by atoms with Crippen molar-refractivity contribution in [3.63, 3.8) is 0 Å². The molecule has 0 bridgehead atoms. The highest BCUT2D eigenvalue weighted by Gasteiger charge is 2.27. The number of aromatic nitrogens is 2. The predicted octanol–water partition coefficient (Wildman–Crippen LogP) is 1.46. The highest BCUT2D eigenvalue weighted by molar-refractivity contribution is 6.99. The van der Waals surface area contributed by atoms with Crippen molar-refractivity contribution in [2.45, 2.75) is 13.0 Å². The van der Waals surface area contributed by atoms with E-state index in [1.54, 1.807) is 0 Å². The van der Waals surface area contributed by atoms with Gasteiger partial charge in [-0.25, -0.2) is 0 Å². The number of rotatable bonds is 4. The number of para-hydroxylation sites is 2. The first kappa shape index (κ1) is 17.0. The Bertz CT molecular complexity index is 775. The molecule has 0 unspecified atom stereocenters. The molecule has 9 heteroatoms. The van der Waals surface area contributed by atoms with Crippen LogP contribution in [0.25, 0.3) is 0 Å². The van der Waals surface area contributed by atoms with Gasteiger partial charge in [-0.3, -0.25) is 9.69 Å². The van der Waals surface area contributed by atoms with Gasteiger partial charge in [0.05, 0.1) is 11.7 Å². The molecule has 1 aromatic heterocycles. The second-order valence-corrected chi connectivity index (χ2v) is 6.93.